The van der Waals surface area contributed by atoms with Crippen LogP contribution in [0.2, 0.25) is 5.02 Å². The molecule has 0 saturated carbocycles. The number of aromatic nitrogens is 4. The van der Waals surface area contributed by atoms with Gasteiger partial charge >= 0.3 is 0 Å². The lowest BCUT2D eigenvalue weighted by molar-refractivity contribution is -0.113. The van der Waals surface area contributed by atoms with Crippen molar-refractivity contribution >= 4 is 51.6 Å². The molecule has 3 rings (SSSR count). The van der Waals surface area contributed by atoms with Crippen LogP contribution in [0.3, 0.4) is 0 Å². The summed E-state index contributed by atoms with van der Waals surface area (Å²) < 4.78 is 1.80. The molecule has 2 heterocycles. The van der Waals surface area contributed by atoms with E-state index in [1.54, 1.807) is 28.8 Å². The van der Waals surface area contributed by atoms with E-state index in [0.29, 0.717) is 26.7 Å². The third-order valence-electron chi connectivity index (χ3n) is 4.40. The van der Waals surface area contributed by atoms with Gasteiger partial charge < -0.3 is 15.2 Å². The summed E-state index contributed by atoms with van der Waals surface area (Å²) in [5.41, 5.74) is 1.38. The van der Waals surface area contributed by atoms with Gasteiger partial charge in [-0.05, 0) is 37.1 Å². The van der Waals surface area contributed by atoms with Gasteiger partial charge in [0.1, 0.15) is 0 Å². The number of carbonyl (C=O) groups excluding carboxylic acids is 2. The second kappa shape index (κ2) is 10.3. The lowest BCUT2D eigenvalue weighted by atomic mass is 10.0. The van der Waals surface area contributed by atoms with E-state index in [-0.39, 0.29) is 29.5 Å². The van der Waals surface area contributed by atoms with Crippen molar-refractivity contribution in [2.75, 3.05) is 11.1 Å². The Morgan fingerprint density at radius 2 is 1.94 bits per heavy atom. The molecule has 8 nitrogen and oxygen atoms in total. The first-order valence-corrected chi connectivity index (χ1v) is 11.8. The molecular weight excluding hydrogens is 456 g/mol. The van der Waals surface area contributed by atoms with Gasteiger partial charge in [0, 0.05) is 23.0 Å². The third kappa shape index (κ3) is 6.05. The number of rotatable bonds is 8. The molecule has 0 bridgehead atoms. The SMILES string of the molecule is Cc1csc(NC(=O)CSc2nnc([C@H](NC(=O)c3ccc(Cl)cc3)C(C)C)n2C)n1. The van der Waals surface area contributed by atoms with Crippen molar-refractivity contribution in [1.29, 1.82) is 0 Å². The highest BCUT2D eigenvalue weighted by Crippen LogP contribution is 2.25. The van der Waals surface area contributed by atoms with E-state index in [9.17, 15) is 9.59 Å². The van der Waals surface area contributed by atoms with Gasteiger partial charge in [-0.15, -0.1) is 21.5 Å². The Balaban J connectivity index is 1.66. The van der Waals surface area contributed by atoms with E-state index in [4.69, 9.17) is 11.6 Å². The quantitative estimate of drug-likeness (QED) is 0.473. The molecule has 0 aliphatic rings. The number of anilines is 1. The van der Waals surface area contributed by atoms with Gasteiger partial charge in [-0.1, -0.05) is 37.2 Å². The molecule has 0 aliphatic carbocycles. The van der Waals surface area contributed by atoms with Crippen LogP contribution in [-0.2, 0) is 11.8 Å². The van der Waals surface area contributed by atoms with E-state index in [2.05, 4.69) is 25.8 Å². The normalized spacial score (nSPS) is 12.1. The number of carbonyl (C=O) groups is 2. The Morgan fingerprint density at radius 1 is 1.23 bits per heavy atom. The summed E-state index contributed by atoms with van der Waals surface area (Å²) in [5, 5.41) is 17.9. The summed E-state index contributed by atoms with van der Waals surface area (Å²) in [5.74, 6) is 0.490. The van der Waals surface area contributed by atoms with Crippen LogP contribution in [0.25, 0.3) is 0 Å². The van der Waals surface area contributed by atoms with Crippen molar-refractivity contribution in [2.24, 2.45) is 13.0 Å². The highest BCUT2D eigenvalue weighted by molar-refractivity contribution is 7.99. The lowest BCUT2D eigenvalue weighted by Gasteiger charge is -2.21. The summed E-state index contributed by atoms with van der Waals surface area (Å²) in [6, 6.07) is 6.36. The maximum Gasteiger partial charge on any atom is 0.251 e. The molecule has 11 heteroatoms. The zero-order chi connectivity index (χ0) is 22.5. The number of thiazole rings is 1. The number of halogens is 1. The number of hydrogen-bond acceptors (Lipinski definition) is 7. The van der Waals surface area contributed by atoms with Crippen molar-refractivity contribution < 1.29 is 9.59 Å². The van der Waals surface area contributed by atoms with Gasteiger partial charge in [0.05, 0.1) is 17.5 Å². The molecule has 0 aliphatic heterocycles. The highest BCUT2D eigenvalue weighted by atomic mass is 35.5. The number of hydrogen-bond donors (Lipinski definition) is 2. The summed E-state index contributed by atoms with van der Waals surface area (Å²) in [6.45, 7) is 5.87. The van der Waals surface area contributed by atoms with Gasteiger partial charge in [-0.2, -0.15) is 0 Å². The molecule has 2 N–H and O–H groups in total. The lowest BCUT2D eigenvalue weighted by Crippen LogP contribution is -2.33. The summed E-state index contributed by atoms with van der Waals surface area (Å²) >= 11 is 8.56. The third-order valence-corrected chi connectivity index (χ3v) is 6.55. The van der Waals surface area contributed by atoms with Crippen molar-refractivity contribution in [3.8, 4) is 0 Å². The average molecular weight is 479 g/mol. The number of benzene rings is 1. The maximum absolute atomic E-state index is 12.7. The number of amides is 2. The first-order chi connectivity index (χ1) is 14.7. The first-order valence-electron chi connectivity index (χ1n) is 9.55. The van der Waals surface area contributed by atoms with Crippen molar-refractivity contribution in [1.82, 2.24) is 25.1 Å². The average Bonchev–Trinajstić information content (AvgIpc) is 3.29. The summed E-state index contributed by atoms with van der Waals surface area (Å²) in [7, 11) is 1.82. The van der Waals surface area contributed by atoms with Crippen LogP contribution in [0.1, 0.15) is 41.8 Å². The van der Waals surface area contributed by atoms with Crippen LogP contribution in [0.4, 0.5) is 5.13 Å². The molecule has 0 fully saturated rings. The van der Waals surface area contributed by atoms with E-state index >= 15 is 0 Å². The van der Waals surface area contributed by atoms with Crippen LogP contribution in [-0.4, -0.2) is 37.3 Å². The molecule has 0 radical (unpaired) electrons. The zero-order valence-corrected chi connectivity index (χ0v) is 19.9. The molecule has 0 unspecified atom stereocenters. The largest absolute Gasteiger partial charge is 0.342 e. The van der Waals surface area contributed by atoms with Crippen molar-refractivity contribution in [3.05, 3.63) is 51.7 Å². The topological polar surface area (TPSA) is 102 Å². The van der Waals surface area contributed by atoms with Gasteiger partial charge in [0.15, 0.2) is 16.1 Å². The molecule has 2 amide bonds. The van der Waals surface area contributed by atoms with Gasteiger partial charge in [0.2, 0.25) is 5.91 Å². The molecule has 3 aromatic rings. The Kier molecular flexibility index (Phi) is 7.69. The molecule has 1 atom stereocenters. The molecule has 164 valence electrons. The number of nitrogens with one attached hydrogen (secondary N) is 2. The predicted molar refractivity (Wildman–Crippen MR) is 124 cm³/mol. The van der Waals surface area contributed by atoms with E-state index in [1.807, 2.05) is 33.2 Å². The molecular formula is C20H23ClN6O2S2. The van der Waals surface area contributed by atoms with Crippen LogP contribution < -0.4 is 10.6 Å². The minimum absolute atomic E-state index is 0.0773. The fraction of sp³-hybridized carbons (Fsp3) is 0.350. The van der Waals surface area contributed by atoms with Crippen molar-refractivity contribution in [2.45, 2.75) is 32.0 Å². The summed E-state index contributed by atoms with van der Waals surface area (Å²) in [4.78, 5) is 29.1. The molecule has 31 heavy (non-hydrogen) atoms. The van der Waals surface area contributed by atoms with E-state index < -0.39 is 0 Å². The molecule has 2 aromatic heterocycles. The fourth-order valence-electron chi connectivity index (χ4n) is 2.77. The molecule has 0 spiro atoms. The Morgan fingerprint density at radius 3 is 2.55 bits per heavy atom. The Hall–Kier alpha value is -2.43. The Bertz CT molecular complexity index is 1060. The first kappa shape index (κ1) is 23.2. The number of nitrogens with zero attached hydrogens (tertiary/aromatic N) is 4. The highest BCUT2D eigenvalue weighted by Gasteiger charge is 2.25. The minimum Gasteiger partial charge on any atom is -0.342 e. The number of thioether (sulfide) groups is 1. The predicted octanol–water partition coefficient (Wildman–Crippen LogP) is 4.09. The maximum atomic E-state index is 12.7. The van der Waals surface area contributed by atoms with E-state index in [0.717, 1.165) is 5.69 Å². The van der Waals surface area contributed by atoms with Gasteiger partial charge in [0.25, 0.3) is 5.91 Å². The monoisotopic (exact) mass is 478 g/mol. The Labute approximate surface area is 193 Å². The molecule has 1 aromatic carbocycles. The minimum atomic E-state index is -0.345. The van der Waals surface area contributed by atoms with Crippen LogP contribution >= 0.6 is 34.7 Å². The number of aryl methyl sites for hydroxylation is 1. The molecule has 0 saturated heterocycles. The van der Waals surface area contributed by atoms with E-state index in [1.165, 1.54) is 23.1 Å². The standard InChI is InChI=1S/C20H23ClN6O2S2/c1-11(2)16(24-18(29)13-5-7-14(21)8-6-13)17-25-26-20(27(17)4)31-10-15(28)23-19-22-12(3)9-30-19/h5-9,11,16H,10H2,1-4H3,(H,24,29)(H,22,23,28)/t16-/m1/s1. The smallest absolute Gasteiger partial charge is 0.251 e. The van der Waals surface area contributed by atoms with Crippen molar-refractivity contribution in [3.63, 3.8) is 0 Å². The second-order valence-electron chi connectivity index (χ2n) is 7.23. The van der Waals surface area contributed by atoms with Crippen LogP contribution in [0.5, 0.6) is 0 Å². The second-order valence-corrected chi connectivity index (χ2v) is 9.47. The van der Waals surface area contributed by atoms with Gasteiger partial charge in [-0.3, -0.25) is 9.59 Å². The van der Waals surface area contributed by atoms with Crippen LogP contribution in [0, 0.1) is 12.8 Å². The summed E-state index contributed by atoms with van der Waals surface area (Å²) in [6.07, 6.45) is 0. The van der Waals surface area contributed by atoms with Crippen LogP contribution in [0.15, 0.2) is 34.8 Å². The fourth-order valence-corrected chi connectivity index (χ4v) is 4.32. The zero-order valence-electron chi connectivity index (χ0n) is 17.5. The van der Waals surface area contributed by atoms with Gasteiger partial charge in [-0.25, -0.2) is 4.98 Å².